The van der Waals surface area contributed by atoms with E-state index in [1.807, 2.05) is 31.2 Å². The smallest absolute Gasteiger partial charge is 0.350 e. The van der Waals surface area contributed by atoms with E-state index in [9.17, 15) is 14.9 Å². The Bertz CT molecular complexity index is 995. The highest BCUT2D eigenvalue weighted by atomic mass is 16.6. The zero-order chi connectivity index (χ0) is 20.1. The van der Waals surface area contributed by atoms with Gasteiger partial charge in [0.25, 0.3) is 0 Å². The molecule has 146 valence electrons. The van der Waals surface area contributed by atoms with Crippen molar-refractivity contribution in [2.24, 2.45) is 0 Å². The van der Waals surface area contributed by atoms with Gasteiger partial charge in [-0.1, -0.05) is 24.3 Å². The van der Waals surface area contributed by atoms with E-state index in [1.165, 1.54) is 18.0 Å². The lowest BCUT2D eigenvalue weighted by atomic mass is 10.1. The van der Waals surface area contributed by atoms with Crippen molar-refractivity contribution in [3.63, 3.8) is 0 Å². The van der Waals surface area contributed by atoms with Gasteiger partial charge in [-0.2, -0.15) is 0 Å². The Morgan fingerprint density at radius 2 is 2.07 bits per heavy atom. The second-order valence-corrected chi connectivity index (χ2v) is 6.03. The molecule has 11 heteroatoms. The van der Waals surface area contributed by atoms with Crippen molar-refractivity contribution in [3.8, 4) is 5.88 Å². The largest absolute Gasteiger partial charge is 0.475 e. The fraction of sp³-hybridized carbons (Fsp3) is 0.294. The summed E-state index contributed by atoms with van der Waals surface area (Å²) in [5.74, 6) is -0.226. The molecular weight excluding hydrogens is 366 g/mol. The van der Waals surface area contributed by atoms with E-state index in [0.29, 0.717) is 6.54 Å². The first-order valence-electron chi connectivity index (χ1n) is 8.46. The van der Waals surface area contributed by atoms with E-state index in [0.717, 1.165) is 11.1 Å². The van der Waals surface area contributed by atoms with Gasteiger partial charge in [-0.25, -0.2) is 9.67 Å². The van der Waals surface area contributed by atoms with Crippen LogP contribution in [0.1, 0.15) is 17.5 Å². The standard InChI is InChI=1S/C17H19N7O4/c1-12-5-3-4-6-13(12)9-23-11-18-17(21-23)19-15(25)7-8-22-10-14(24(26)27)16(20-22)28-2/h3-6,10-11H,7-9H2,1-2H3,(H,19,21,25). The Morgan fingerprint density at radius 3 is 2.75 bits per heavy atom. The van der Waals surface area contributed by atoms with Crippen LogP contribution in [0.15, 0.2) is 36.8 Å². The van der Waals surface area contributed by atoms with Gasteiger partial charge in [0.15, 0.2) is 0 Å². The SMILES string of the molecule is COc1nn(CCC(=O)Nc2ncn(Cc3ccccc3C)n2)cc1[N+](=O)[O-]. The summed E-state index contributed by atoms with van der Waals surface area (Å²) in [6, 6.07) is 7.95. The van der Waals surface area contributed by atoms with Crippen LogP contribution in [-0.2, 0) is 17.9 Å². The number of hydrogen-bond donors (Lipinski definition) is 1. The molecule has 0 aliphatic rings. The van der Waals surface area contributed by atoms with Crippen molar-refractivity contribution in [2.45, 2.75) is 26.4 Å². The molecule has 0 saturated carbocycles. The summed E-state index contributed by atoms with van der Waals surface area (Å²) >= 11 is 0. The maximum Gasteiger partial charge on any atom is 0.350 e. The molecule has 1 aromatic carbocycles. The van der Waals surface area contributed by atoms with Crippen LogP contribution >= 0.6 is 0 Å². The molecule has 0 fully saturated rings. The number of aromatic nitrogens is 5. The zero-order valence-corrected chi connectivity index (χ0v) is 15.4. The van der Waals surface area contributed by atoms with E-state index >= 15 is 0 Å². The molecule has 2 aromatic heterocycles. The lowest BCUT2D eigenvalue weighted by molar-refractivity contribution is -0.385. The molecule has 0 radical (unpaired) electrons. The normalized spacial score (nSPS) is 10.6. The number of amides is 1. The monoisotopic (exact) mass is 385 g/mol. The number of carbonyl (C=O) groups is 1. The van der Waals surface area contributed by atoms with Crippen molar-refractivity contribution >= 4 is 17.5 Å². The summed E-state index contributed by atoms with van der Waals surface area (Å²) in [6.45, 7) is 2.72. The number of nitrogens with zero attached hydrogens (tertiary/aromatic N) is 6. The number of nitrogens with one attached hydrogen (secondary N) is 1. The average Bonchev–Trinajstić information content (AvgIpc) is 3.28. The number of methoxy groups -OCH3 is 1. The van der Waals surface area contributed by atoms with Crippen molar-refractivity contribution in [3.05, 3.63) is 58.0 Å². The molecule has 28 heavy (non-hydrogen) atoms. The van der Waals surface area contributed by atoms with Gasteiger partial charge in [0.2, 0.25) is 11.9 Å². The predicted octanol–water partition coefficient (Wildman–Crippen LogP) is 1.78. The molecular formula is C17H19N7O4. The van der Waals surface area contributed by atoms with Crippen LogP contribution < -0.4 is 10.1 Å². The van der Waals surface area contributed by atoms with Crippen molar-refractivity contribution < 1.29 is 14.5 Å². The second-order valence-electron chi connectivity index (χ2n) is 6.03. The van der Waals surface area contributed by atoms with Gasteiger partial charge in [0.1, 0.15) is 12.5 Å². The molecule has 3 aromatic rings. The Hall–Kier alpha value is -3.76. The fourth-order valence-corrected chi connectivity index (χ4v) is 2.57. The first-order valence-corrected chi connectivity index (χ1v) is 8.46. The first kappa shape index (κ1) is 19.0. The molecule has 3 rings (SSSR count). The van der Waals surface area contributed by atoms with E-state index in [4.69, 9.17) is 4.74 Å². The third-order valence-electron chi connectivity index (χ3n) is 4.05. The van der Waals surface area contributed by atoms with E-state index in [2.05, 4.69) is 20.5 Å². The average molecular weight is 385 g/mol. The van der Waals surface area contributed by atoms with E-state index in [1.54, 1.807) is 11.0 Å². The van der Waals surface area contributed by atoms with Crippen LogP contribution in [0.3, 0.4) is 0 Å². The summed E-state index contributed by atoms with van der Waals surface area (Å²) in [6.07, 6.45) is 2.82. The highest BCUT2D eigenvalue weighted by Gasteiger charge is 2.20. The highest BCUT2D eigenvalue weighted by molar-refractivity contribution is 5.88. The summed E-state index contributed by atoms with van der Waals surface area (Å²) in [5.41, 5.74) is 2.01. The molecule has 1 N–H and O–H groups in total. The van der Waals surface area contributed by atoms with Crippen LogP contribution in [0.2, 0.25) is 0 Å². The van der Waals surface area contributed by atoms with E-state index < -0.39 is 4.92 Å². The number of carbonyl (C=O) groups excluding carboxylic acids is 1. The maximum atomic E-state index is 12.1. The Morgan fingerprint density at radius 1 is 1.29 bits per heavy atom. The summed E-state index contributed by atoms with van der Waals surface area (Å²) in [5, 5.41) is 21.7. The number of benzene rings is 1. The summed E-state index contributed by atoms with van der Waals surface area (Å²) in [4.78, 5) is 26.5. The fourth-order valence-electron chi connectivity index (χ4n) is 2.57. The molecule has 11 nitrogen and oxygen atoms in total. The van der Waals surface area contributed by atoms with Gasteiger partial charge in [-0.15, -0.1) is 10.2 Å². The molecule has 0 unspecified atom stereocenters. The van der Waals surface area contributed by atoms with Crippen LogP contribution in [0.25, 0.3) is 0 Å². The Balaban J connectivity index is 1.55. The number of nitro groups is 1. The lowest BCUT2D eigenvalue weighted by Crippen LogP contribution is -2.16. The molecule has 0 bridgehead atoms. The van der Waals surface area contributed by atoms with Crippen LogP contribution in [0, 0.1) is 17.0 Å². The first-order chi connectivity index (χ1) is 13.5. The number of hydrogen-bond acceptors (Lipinski definition) is 7. The molecule has 0 aliphatic carbocycles. The quantitative estimate of drug-likeness (QED) is 0.462. The van der Waals surface area contributed by atoms with Crippen molar-refractivity contribution in [1.82, 2.24) is 24.5 Å². The van der Waals surface area contributed by atoms with Crippen LogP contribution in [-0.4, -0.2) is 42.5 Å². The molecule has 2 heterocycles. The minimum atomic E-state index is -0.590. The molecule has 0 aliphatic heterocycles. The highest BCUT2D eigenvalue weighted by Crippen LogP contribution is 2.23. The Kier molecular flexibility index (Phi) is 5.63. The van der Waals surface area contributed by atoms with Gasteiger partial charge >= 0.3 is 11.6 Å². The number of anilines is 1. The summed E-state index contributed by atoms with van der Waals surface area (Å²) in [7, 11) is 1.30. The third-order valence-corrected chi connectivity index (χ3v) is 4.05. The van der Waals surface area contributed by atoms with Gasteiger partial charge in [-0.05, 0) is 18.1 Å². The maximum absolute atomic E-state index is 12.1. The van der Waals surface area contributed by atoms with E-state index in [-0.39, 0.29) is 36.4 Å². The molecule has 0 spiro atoms. The number of ether oxygens (including phenoxy) is 1. The topological polar surface area (TPSA) is 130 Å². The van der Waals surface area contributed by atoms with Crippen molar-refractivity contribution in [2.75, 3.05) is 12.4 Å². The van der Waals surface area contributed by atoms with Gasteiger partial charge in [0.05, 0.1) is 25.1 Å². The predicted molar refractivity (Wildman–Crippen MR) is 99.0 cm³/mol. The Labute approximate surface area is 160 Å². The van der Waals surface area contributed by atoms with Crippen molar-refractivity contribution in [1.29, 1.82) is 0 Å². The zero-order valence-electron chi connectivity index (χ0n) is 15.4. The van der Waals surface area contributed by atoms with Gasteiger partial charge in [-0.3, -0.25) is 24.9 Å². The summed E-state index contributed by atoms with van der Waals surface area (Å²) < 4.78 is 7.78. The van der Waals surface area contributed by atoms with Gasteiger partial charge in [0, 0.05) is 6.42 Å². The minimum absolute atomic E-state index is 0.0499. The second kappa shape index (κ2) is 8.29. The van der Waals surface area contributed by atoms with Crippen LogP contribution in [0.4, 0.5) is 11.6 Å². The molecule has 0 atom stereocenters. The molecule has 1 amide bonds. The lowest BCUT2D eigenvalue weighted by Gasteiger charge is -2.04. The number of rotatable bonds is 8. The third kappa shape index (κ3) is 4.50. The number of aryl methyl sites for hydroxylation is 2. The van der Waals surface area contributed by atoms with Crippen LogP contribution in [0.5, 0.6) is 5.88 Å². The van der Waals surface area contributed by atoms with Gasteiger partial charge < -0.3 is 4.74 Å². The minimum Gasteiger partial charge on any atom is -0.475 e. The molecule has 0 saturated heterocycles.